The van der Waals surface area contributed by atoms with Crippen LogP contribution >= 0.6 is 0 Å². The van der Waals surface area contributed by atoms with Gasteiger partial charge < -0.3 is 26.6 Å². The molecule has 11 heteroatoms. The van der Waals surface area contributed by atoms with E-state index >= 15 is 0 Å². The van der Waals surface area contributed by atoms with E-state index in [2.05, 4.69) is 45.4 Å². The largest absolute Gasteiger partial charge is 0.355 e. The molecule has 5 amide bonds. The van der Waals surface area contributed by atoms with Crippen molar-refractivity contribution in [3.8, 4) is 0 Å². The van der Waals surface area contributed by atoms with E-state index in [1.54, 1.807) is 18.3 Å². The molecule has 5 N–H and O–H groups in total. The van der Waals surface area contributed by atoms with E-state index in [0.29, 0.717) is 56.6 Å². The molecule has 1 heterocycles. The van der Waals surface area contributed by atoms with Gasteiger partial charge in [0.25, 0.3) is 5.91 Å². The van der Waals surface area contributed by atoms with Crippen LogP contribution in [0.1, 0.15) is 111 Å². The van der Waals surface area contributed by atoms with Gasteiger partial charge >= 0.3 is 0 Å². The Morgan fingerprint density at radius 3 is 1.98 bits per heavy atom. The lowest BCUT2D eigenvalue weighted by molar-refractivity contribution is -0.132. The molecule has 0 aromatic carbocycles. The predicted octanol–water partition coefficient (Wildman–Crippen LogP) is 3.74. The number of aromatic nitrogens is 1. The SMILES string of the molecule is CCC[C@H](NC(=O)[C@@H](NC(=O)c1cccnc1)[C@@H](C)CC)C(=O)N[C@H](CC[C@@H](C)C(=O)N[C@H](C(=O)NCC)C(C)C)CC(C)C. The first-order chi connectivity index (χ1) is 21.2. The number of amides is 5. The molecule has 0 bridgehead atoms. The Hall–Kier alpha value is -3.50. The maximum Gasteiger partial charge on any atom is 0.253 e. The Balaban J connectivity index is 2.96. The summed E-state index contributed by atoms with van der Waals surface area (Å²) in [5, 5.41) is 14.5. The first kappa shape index (κ1) is 39.5. The maximum absolute atomic E-state index is 13.6. The molecule has 45 heavy (non-hydrogen) atoms. The zero-order chi connectivity index (χ0) is 34.1. The molecule has 0 saturated heterocycles. The zero-order valence-electron chi connectivity index (χ0n) is 28.9. The topological polar surface area (TPSA) is 158 Å². The maximum atomic E-state index is 13.6. The summed E-state index contributed by atoms with van der Waals surface area (Å²) in [4.78, 5) is 69.3. The molecule has 0 saturated carbocycles. The van der Waals surface area contributed by atoms with E-state index in [1.807, 2.05) is 48.5 Å². The van der Waals surface area contributed by atoms with E-state index in [1.165, 1.54) is 6.20 Å². The van der Waals surface area contributed by atoms with Crippen molar-refractivity contribution in [2.24, 2.45) is 23.7 Å². The third-order valence-corrected chi connectivity index (χ3v) is 8.01. The summed E-state index contributed by atoms with van der Waals surface area (Å²) in [7, 11) is 0. The minimum atomic E-state index is -0.824. The normalized spacial score (nSPS) is 15.3. The van der Waals surface area contributed by atoms with Gasteiger partial charge in [-0.05, 0) is 62.5 Å². The van der Waals surface area contributed by atoms with E-state index in [4.69, 9.17) is 0 Å². The Labute approximate surface area is 270 Å². The van der Waals surface area contributed by atoms with Crippen LogP contribution in [-0.4, -0.2) is 65.2 Å². The van der Waals surface area contributed by atoms with Crippen molar-refractivity contribution in [1.29, 1.82) is 0 Å². The summed E-state index contributed by atoms with van der Waals surface area (Å²) in [6.07, 6.45) is 6.56. The minimum absolute atomic E-state index is 0.0602. The molecule has 0 unspecified atom stereocenters. The van der Waals surface area contributed by atoms with E-state index in [9.17, 15) is 24.0 Å². The smallest absolute Gasteiger partial charge is 0.253 e. The van der Waals surface area contributed by atoms with Crippen LogP contribution in [0.3, 0.4) is 0 Å². The van der Waals surface area contributed by atoms with Crippen LogP contribution in [-0.2, 0) is 19.2 Å². The second kappa shape index (κ2) is 20.5. The fourth-order valence-electron chi connectivity index (χ4n) is 5.06. The van der Waals surface area contributed by atoms with Crippen LogP contribution in [0.4, 0.5) is 0 Å². The molecular formula is C34H58N6O5. The van der Waals surface area contributed by atoms with Crippen LogP contribution in [0.2, 0.25) is 0 Å². The molecule has 11 nitrogen and oxygen atoms in total. The lowest BCUT2D eigenvalue weighted by Gasteiger charge is -2.28. The molecular weight excluding hydrogens is 572 g/mol. The van der Waals surface area contributed by atoms with Crippen molar-refractivity contribution in [2.45, 2.75) is 125 Å². The third-order valence-electron chi connectivity index (χ3n) is 8.01. The first-order valence-electron chi connectivity index (χ1n) is 16.6. The summed E-state index contributed by atoms with van der Waals surface area (Å²) in [5.41, 5.74) is 0.352. The van der Waals surface area contributed by atoms with Crippen LogP contribution in [0.15, 0.2) is 24.5 Å². The Morgan fingerprint density at radius 2 is 1.44 bits per heavy atom. The molecule has 1 aromatic heterocycles. The Bertz CT molecular complexity index is 1080. The average molecular weight is 631 g/mol. The molecule has 0 radical (unpaired) electrons. The highest BCUT2D eigenvalue weighted by molar-refractivity contribution is 5.98. The number of hydrogen-bond acceptors (Lipinski definition) is 6. The van der Waals surface area contributed by atoms with Gasteiger partial charge in [0.1, 0.15) is 18.1 Å². The van der Waals surface area contributed by atoms with Crippen molar-refractivity contribution >= 4 is 29.5 Å². The van der Waals surface area contributed by atoms with E-state index in [0.717, 1.165) is 0 Å². The highest BCUT2D eigenvalue weighted by Gasteiger charge is 2.31. The van der Waals surface area contributed by atoms with E-state index in [-0.39, 0.29) is 41.5 Å². The standard InChI is InChI=1S/C34H58N6O5/c1-10-14-27(38-34(45)29(23(8)11-2)40-31(42)25-15-13-18-35-20-25)32(43)37-26(19-21(4)5)17-16-24(9)30(41)39-28(22(6)7)33(44)36-12-3/h13,15,18,20-24,26-29H,10-12,14,16-17,19H2,1-9H3,(H,36,44)(H,37,43)(H,38,45)(H,39,41)(H,40,42)/t23-,24+,26+,27-,28-,29-/m0/s1. The Morgan fingerprint density at radius 1 is 0.756 bits per heavy atom. The third kappa shape index (κ3) is 14.0. The van der Waals surface area contributed by atoms with Gasteiger partial charge in [-0.3, -0.25) is 29.0 Å². The zero-order valence-corrected chi connectivity index (χ0v) is 28.9. The number of nitrogens with zero attached hydrogens (tertiary/aromatic N) is 1. The lowest BCUT2D eigenvalue weighted by atomic mass is 9.94. The van der Waals surface area contributed by atoms with Crippen molar-refractivity contribution < 1.29 is 24.0 Å². The van der Waals surface area contributed by atoms with Gasteiger partial charge in [0.2, 0.25) is 23.6 Å². The van der Waals surface area contributed by atoms with Gasteiger partial charge in [0, 0.05) is 30.9 Å². The fourth-order valence-corrected chi connectivity index (χ4v) is 5.06. The summed E-state index contributed by atoms with van der Waals surface area (Å²) in [6, 6.07) is 0.872. The summed E-state index contributed by atoms with van der Waals surface area (Å²) >= 11 is 0. The summed E-state index contributed by atoms with van der Waals surface area (Å²) in [5.74, 6) is -1.80. The quantitative estimate of drug-likeness (QED) is 0.148. The molecule has 0 aliphatic heterocycles. The van der Waals surface area contributed by atoms with Gasteiger partial charge in [-0.25, -0.2) is 0 Å². The first-order valence-corrected chi connectivity index (χ1v) is 16.6. The second-order valence-corrected chi connectivity index (χ2v) is 12.9. The number of nitrogens with one attached hydrogen (secondary N) is 5. The predicted molar refractivity (Wildman–Crippen MR) is 177 cm³/mol. The van der Waals surface area contributed by atoms with Crippen molar-refractivity contribution in [3.63, 3.8) is 0 Å². The number of pyridine rings is 1. The highest BCUT2D eigenvalue weighted by atomic mass is 16.2. The monoisotopic (exact) mass is 630 g/mol. The number of likely N-dealkylation sites (N-methyl/N-ethyl adjacent to an activating group) is 1. The molecule has 254 valence electrons. The second-order valence-electron chi connectivity index (χ2n) is 12.9. The number of carbonyl (C=O) groups is 5. The number of rotatable bonds is 20. The molecule has 1 rings (SSSR count). The summed E-state index contributed by atoms with van der Waals surface area (Å²) in [6.45, 7) is 17.9. The van der Waals surface area contributed by atoms with Gasteiger partial charge in [0.05, 0.1) is 5.56 Å². The van der Waals surface area contributed by atoms with Crippen molar-refractivity contribution in [3.05, 3.63) is 30.1 Å². The molecule has 6 atom stereocenters. The van der Waals surface area contributed by atoms with Crippen molar-refractivity contribution in [2.75, 3.05) is 6.54 Å². The van der Waals surface area contributed by atoms with Crippen LogP contribution in [0, 0.1) is 23.7 Å². The number of carbonyl (C=O) groups excluding carboxylic acids is 5. The molecule has 0 aliphatic carbocycles. The number of hydrogen-bond donors (Lipinski definition) is 5. The van der Waals surface area contributed by atoms with Crippen LogP contribution < -0.4 is 26.6 Å². The van der Waals surface area contributed by atoms with Crippen LogP contribution in [0.25, 0.3) is 0 Å². The van der Waals surface area contributed by atoms with Gasteiger partial charge in [-0.2, -0.15) is 0 Å². The molecule has 0 fully saturated rings. The van der Waals surface area contributed by atoms with Crippen LogP contribution in [0.5, 0.6) is 0 Å². The molecule has 0 aliphatic rings. The van der Waals surface area contributed by atoms with Crippen molar-refractivity contribution in [1.82, 2.24) is 31.6 Å². The highest BCUT2D eigenvalue weighted by Crippen LogP contribution is 2.17. The lowest BCUT2D eigenvalue weighted by Crippen LogP contribution is -2.56. The summed E-state index contributed by atoms with van der Waals surface area (Å²) < 4.78 is 0. The molecule has 0 spiro atoms. The Kier molecular flexibility index (Phi) is 18.0. The average Bonchev–Trinajstić information content (AvgIpc) is 3.00. The van der Waals surface area contributed by atoms with E-state index < -0.39 is 29.9 Å². The van der Waals surface area contributed by atoms with Gasteiger partial charge in [-0.15, -0.1) is 0 Å². The van der Waals surface area contributed by atoms with Gasteiger partial charge in [-0.1, -0.05) is 68.2 Å². The fraction of sp³-hybridized carbons (Fsp3) is 0.706. The van der Waals surface area contributed by atoms with Gasteiger partial charge in [0.15, 0.2) is 0 Å². The molecule has 1 aromatic rings. The minimum Gasteiger partial charge on any atom is -0.355 e.